The van der Waals surface area contributed by atoms with Crippen LogP contribution in [0.2, 0.25) is 0 Å². The summed E-state index contributed by atoms with van der Waals surface area (Å²) in [5.41, 5.74) is 0.177. The van der Waals surface area contributed by atoms with Gasteiger partial charge in [-0.25, -0.2) is 0 Å². The lowest BCUT2D eigenvalue weighted by Gasteiger charge is -2.09. The van der Waals surface area contributed by atoms with Gasteiger partial charge in [0.25, 0.3) is 0 Å². The van der Waals surface area contributed by atoms with Crippen LogP contribution >= 0.6 is 0 Å². The summed E-state index contributed by atoms with van der Waals surface area (Å²) >= 11 is 0. The van der Waals surface area contributed by atoms with Crippen molar-refractivity contribution in [2.45, 2.75) is 19.8 Å². The molecule has 1 rings (SSSR count). The minimum absolute atomic E-state index is 0.177. The first-order valence-electron chi connectivity index (χ1n) is 3.51. The first-order valence-corrected chi connectivity index (χ1v) is 3.51. The summed E-state index contributed by atoms with van der Waals surface area (Å²) in [5.74, 6) is 0. The molecule has 1 aliphatic rings. The molecular formula is C7H14O2. The fourth-order valence-electron chi connectivity index (χ4n) is 0.843. The Kier molecular flexibility index (Phi) is 2.09. The molecule has 0 radical (unpaired) electrons. The molecule has 0 heterocycles. The average Bonchev–Trinajstić information content (AvgIpc) is 2.65. The number of aliphatic hydroxyl groups excluding tert-OH is 1. The van der Waals surface area contributed by atoms with Gasteiger partial charge in [-0.2, -0.15) is 0 Å². The van der Waals surface area contributed by atoms with E-state index in [1.165, 1.54) is 0 Å². The van der Waals surface area contributed by atoms with E-state index in [1.807, 2.05) is 6.92 Å². The molecule has 0 aromatic heterocycles. The maximum Gasteiger partial charge on any atom is 0.0544 e. The number of ether oxygens (including phenoxy) is 1. The fraction of sp³-hybridized carbons (Fsp3) is 1.00. The average molecular weight is 130 g/mol. The number of hydrogen-bond acceptors (Lipinski definition) is 2. The van der Waals surface area contributed by atoms with Crippen LogP contribution in [0.25, 0.3) is 0 Å². The van der Waals surface area contributed by atoms with Crippen molar-refractivity contribution < 1.29 is 9.84 Å². The van der Waals surface area contributed by atoms with E-state index in [4.69, 9.17) is 9.84 Å². The van der Waals surface area contributed by atoms with Gasteiger partial charge in [-0.3, -0.25) is 0 Å². The molecule has 0 amide bonds. The van der Waals surface area contributed by atoms with Gasteiger partial charge in [0.1, 0.15) is 0 Å². The van der Waals surface area contributed by atoms with Gasteiger partial charge < -0.3 is 9.84 Å². The molecule has 0 unspecified atom stereocenters. The summed E-state index contributed by atoms with van der Waals surface area (Å²) < 4.78 is 5.19. The molecule has 2 nitrogen and oxygen atoms in total. The van der Waals surface area contributed by atoms with Crippen molar-refractivity contribution in [2.24, 2.45) is 5.41 Å². The lowest BCUT2D eigenvalue weighted by atomic mass is 10.1. The van der Waals surface area contributed by atoms with Gasteiger partial charge in [0.2, 0.25) is 0 Å². The lowest BCUT2D eigenvalue weighted by Crippen LogP contribution is -2.14. The predicted molar refractivity (Wildman–Crippen MR) is 35.2 cm³/mol. The molecule has 0 saturated heterocycles. The first-order chi connectivity index (χ1) is 4.33. The topological polar surface area (TPSA) is 29.5 Å². The van der Waals surface area contributed by atoms with E-state index in [0.717, 1.165) is 26.1 Å². The van der Waals surface area contributed by atoms with Gasteiger partial charge >= 0.3 is 0 Å². The molecule has 1 fully saturated rings. The molecule has 2 heteroatoms. The third kappa shape index (κ3) is 1.66. The molecule has 0 aromatic carbocycles. The van der Waals surface area contributed by atoms with Crippen LogP contribution in [0.4, 0.5) is 0 Å². The summed E-state index contributed by atoms with van der Waals surface area (Å²) in [5, 5.41) is 8.80. The molecule has 9 heavy (non-hydrogen) atoms. The fourth-order valence-corrected chi connectivity index (χ4v) is 0.843. The number of hydrogen-bond donors (Lipinski definition) is 1. The lowest BCUT2D eigenvalue weighted by molar-refractivity contribution is 0.0687. The van der Waals surface area contributed by atoms with Crippen molar-refractivity contribution in [3.05, 3.63) is 0 Å². The molecule has 0 bridgehead atoms. The van der Waals surface area contributed by atoms with Crippen molar-refractivity contribution in [3.63, 3.8) is 0 Å². The minimum Gasteiger partial charge on any atom is -0.396 e. The van der Waals surface area contributed by atoms with E-state index in [1.54, 1.807) is 0 Å². The van der Waals surface area contributed by atoms with Gasteiger partial charge in [0, 0.05) is 12.0 Å². The molecule has 0 atom stereocenters. The molecule has 54 valence electrons. The monoisotopic (exact) mass is 130 g/mol. The quantitative estimate of drug-likeness (QED) is 0.609. The van der Waals surface area contributed by atoms with E-state index in [9.17, 15) is 0 Å². The van der Waals surface area contributed by atoms with E-state index < -0.39 is 0 Å². The first kappa shape index (κ1) is 7.03. The van der Waals surface area contributed by atoms with Crippen LogP contribution in [0.15, 0.2) is 0 Å². The Morgan fingerprint density at radius 3 is 2.56 bits per heavy atom. The SMILES string of the molecule is CCOCC1(CO)CC1. The van der Waals surface area contributed by atoms with Crippen LogP contribution < -0.4 is 0 Å². The third-order valence-corrected chi connectivity index (χ3v) is 1.90. The van der Waals surface area contributed by atoms with Gasteiger partial charge in [0.05, 0.1) is 13.2 Å². The van der Waals surface area contributed by atoms with Gasteiger partial charge in [-0.15, -0.1) is 0 Å². The third-order valence-electron chi connectivity index (χ3n) is 1.90. The smallest absolute Gasteiger partial charge is 0.0544 e. The summed E-state index contributed by atoms with van der Waals surface area (Å²) in [4.78, 5) is 0. The van der Waals surface area contributed by atoms with Crippen molar-refractivity contribution in [1.82, 2.24) is 0 Å². The second-order valence-corrected chi connectivity index (χ2v) is 2.80. The van der Waals surface area contributed by atoms with E-state index in [2.05, 4.69) is 0 Å². The Hall–Kier alpha value is -0.0800. The van der Waals surface area contributed by atoms with E-state index in [0.29, 0.717) is 6.61 Å². The Morgan fingerprint density at radius 1 is 1.56 bits per heavy atom. The van der Waals surface area contributed by atoms with Crippen molar-refractivity contribution in [2.75, 3.05) is 19.8 Å². The Morgan fingerprint density at radius 2 is 2.22 bits per heavy atom. The minimum atomic E-state index is 0.177. The summed E-state index contributed by atoms with van der Waals surface area (Å²) in [7, 11) is 0. The summed E-state index contributed by atoms with van der Waals surface area (Å²) in [6, 6.07) is 0. The van der Waals surface area contributed by atoms with E-state index >= 15 is 0 Å². The second kappa shape index (κ2) is 2.67. The highest BCUT2D eigenvalue weighted by Crippen LogP contribution is 2.44. The van der Waals surface area contributed by atoms with Gasteiger partial charge in [-0.05, 0) is 19.8 Å². The number of rotatable bonds is 4. The van der Waals surface area contributed by atoms with Crippen LogP contribution in [0.5, 0.6) is 0 Å². The van der Waals surface area contributed by atoms with Gasteiger partial charge in [-0.1, -0.05) is 0 Å². The van der Waals surface area contributed by atoms with Crippen molar-refractivity contribution in [3.8, 4) is 0 Å². The zero-order valence-corrected chi connectivity index (χ0v) is 5.89. The Balaban J connectivity index is 2.10. The van der Waals surface area contributed by atoms with Crippen LogP contribution in [0.3, 0.4) is 0 Å². The largest absolute Gasteiger partial charge is 0.396 e. The van der Waals surface area contributed by atoms with Crippen molar-refractivity contribution >= 4 is 0 Å². The molecular weight excluding hydrogens is 116 g/mol. The maximum atomic E-state index is 8.80. The molecule has 0 aliphatic heterocycles. The molecule has 1 aliphatic carbocycles. The summed E-state index contributed by atoms with van der Waals surface area (Å²) in [6.07, 6.45) is 2.28. The maximum absolute atomic E-state index is 8.80. The highest BCUT2D eigenvalue weighted by Gasteiger charge is 2.41. The zero-order valence-electron chi connectivity index (χ0n) is 5.89. The van der Waals surface area contributed by atoms with Gasteiger partial charge in [0.15, 0.2) is 0 Å². The standard InChI is InChI=1S/C7H14O2/c1-2-9-6-7(5-8)3-4-7/h8H,2-6H2,1H3. The second-order valence-electron chi connectivity index (χ2n) is 2.80. The van der Waals surface area contributed by atoms with Crippen molar-refractivity contribution in [1.29, 1.82) is 0 Å². The Labute approximate surface area is 55.8 Å². The van der Waals surface area contributed by atoms with E-state index in [-0.39, 0.29) is 5.41 Å². The molecule has 0 aromatic rings. The summed E-state index contributed by atoms with van der Waals surface area (Å²) in [6.45, 7) is 3.79. The van der Waals surface area contributed by atoms with Crippen LogP contribution in [0.1, 0.15) is 19.8 Å². The molecule has 0 spiro atoms. The predicted octanol–water partition coefficient (Wildman–Crippen LogP) is 0.795. The normalized spacial score (nSPS) is 22.0. The highest BCUT2D eigenvalue weighted by molar-refractivity contribution is 4.92. The van der Waals surface area contributed by atoms with Crippen LogP contribution in [0, 0.1) is 5.41 Å². The van der Waals surface area contributed by atoms with Crippen LogP contribution in [-0.2, 0) is 4.74 Å². The molecule has 1 N–H and O–H groups in total. The van der Waals surface area contributed by atoms with Crippen LogP contribution in [-0.4, -0.2) is 24.9 Å². The Bertz CT molecular complexity index is 86.9. The molecule has 1 saturated carbocycles. The number of aliphatic hydroxyl groups is 1. The highest BCUT2D eigenvalue weighted by atomic mass is 16.5. The zero-order chi connectivity index (χ0) is 6.74.